The largest absolute Gasteiger partial charge is 0.494 e. The van der Waals surface area contributed by atoms with Crippen molar-refractivity contribution in [2.45, 2.75) is 20.3 Å². The van der Waals surface area contributed by atoms with Crippen molar-refractivity contribution in [1.82, 2.24) is 0 Å². The molecule has 22 heavy (non-hydrogen) atoms. The highest BCUT2D eigenvalue weighted by Crippen LogP contribution is 2.19. The van der Waals surface area contributed by atoms with Crippen LogP contribution in [0.15, 0.2) is 42.5 Å². The van der Waals surface area contributed by atoms with Gasteiger partial charge >= 0.3 is 0 Å². The van der Waals surface area contributed by atoms with E-state index in [1.54, 1.807) is 49.4 Å². The van der Waals surface area contributed by atoms with Crippen LogP contribution >= 0.6 is 0 Å². The van der Waals surface area contributed by atoms with Gasteiger partial charge in [0.15, 0.2) is 0 Å². The molecule has 0 radical (unpaired) electrons. The van der Waals surface area contributed by atoms with E-state index in [-0.39, 0.29) is 5.91 Å². The molecule has 0 saturated carbocycles. The predicted molar refractivity (Wildman–Crippen MR) is 86.7 cm³/mol. The van der Waals surface area contributed by atoms with E-state index in [0.717, 1.165) is 24.0 Å². The van der Waals surface area contributed by atoms with Crippen molar-refractivity contribution in [3.8, 4) is 5.75 Å². The SMILES string of the molecule is CCCOc1ccc(C(=O)Nc2cccc(C=O)c2C)cc1. The van der Waals surface area contributed by atoms with Crippen molar-refractivity contribution in [3.63, 3.8) is 0 Å². The lowest BCUT2D eigenvalue weighted by atomic mass is 10.1. The molecule has 0 heterocycles. The first-order valence-electron chi connectivity index (χ1n) is 7.24. The first-order chi connectivity index (χ1) is 10.7. The number of anilines is 1. The van der Waals surface area contributed by atoms with E-state index >= 15 is 0 Å². The Morgan fingerprint density at radius 2 is 1.91 bits per heavy atom. The number of amides is 1. The molecule has 0 aliphatic carbocycles. The summed E-state index contributed by atoms with van der Waals surface area (Å²) in [5.41, 5.74) is 2.51. The first kappa shape index (κ1) is 15.8. The molecule has 0 aliphatic heterocycles. The lowest BCUT2D eigenvalue weighted by Gasteiger charge is -2.10. The number of ether oxygens (including phenoxy) is 1. The van der Waals surface area contributed by atoms with Crippen LogP contribution in [0, 0.1) is 6.92 Å². The van der Waals surface area contributed by atoms with Crippen LogP contribution in [-0.4, -0.2) is 18.8 Å². The van der Waals surface area contributed by atoms with Gasteiger partial charge in [-0.15, -0.1) is 0 Å². The van der Waals surface area contributed by atoms with E-state index in [1.165, 1.54) is 0 Å². The van der Waals surface area contributed by atoms with Crippen LogP contribution < -0.4 is 10.1 Å². The van der Waals surface area contributed by atoms with Gasteiger partial charge in [0.1, 0.15) is 12.0 Å². The van der Waals surface area contributed by atoms with Crippen molar-refractivity contribution in [2.75, 3.05) is 11.9 Å². The minimum atomic E-state index is -0.215. The summed E-state index contributed by atoms with van der Waals surface area (Å²) < 4.78 is 5.49. The average Bonchev–Trinajstić information content (AvgIpc) is 2.55. The third kappa shape index (κ3) is 3.73. The molecule has 0 unspecified atom stereocenters. The van der Waals surface area contributed by atoms with Crippen LogP contribution in [0.25, 0.3) is 0 Å². The number of nitrogens with one attached hydrogen (secondary N) is 1. The van der Waals surface area contributed by atoms with Gasteiger partial charge in [-0.2, -0.15) is 0 Å². The molecule has 114 valence electrons. The topological polar surface area (TPSA) is 55.4 Å². The minimum absolute atomic E-state index is 0.215. The highest BCUT2D eigenvalue weighted by atomic mass is 16.5. The fourth-order valence-electron chi connectivity index (χ4n) is 2.03. The third-order valence-electron chi connectivity index (χ3n) is 3.34. The summed E-state index contributed by atoms with van der Waals surface area (Å²) in [5, 5.41) is 2.83. The number of carbonyl (C=O) groups excluding carboxylic acids is 2. The number of rotatable bonds is 6. The van der Waals surface area contributed by atoms with Gasteiger partial charge in [-0.05, 0) is 49.2 Å². The molecule has 0 bridgehead atoms. The number of hydrogen-bond acceptors (Lipinski definition) is 3. The van der Waals surface area contributed by atoms with E-state index in [0.29, 0.717) is 23.4 Å². The molecule has 0 saturated heterocycles. The Hall–Kier alpha value is -2.62. The number of carbonyl (C=O) groups is 2. The minimum Gasteiger partial charge on any atom is -0.494 e. The second-order valence-corrected chi connectivity index (χ2v) is 4.96. The second kappa shape index (κ2) is 7.41. The van der Waals surface area contributed by atoms with Crippen LogP contribution in [0.4, 0.5) is 5.69 Å². The molecule has 2 aromatic carbocycles. The summed E-state index contributed by atoms with van der Waals surface area (Å²) in [6, 6.07) is 12.2. The van der Waals surface area contributed by atoms with Gasteiger partial charge in [0, 0.05) is 16.8 Å². The van der Waals surface area contributed by atoms with Crippen LogP contribution in [0.1, 0.15) is 39.6 Å². The van der Waals surface area contributed by atoms with E-state index in [2.05, 4.69) is 5.32 Å². The Morgan fingerprint density at radius 3 is 2.55 bits per heavy atom. The Kier molecular flexibility index (Phi) is 5.31. The van der Waals surface area contributed by atoms with Crippen molar-refractivity contribution >= 4 is 17.9 Å². The maximum absolute atomic E-state index is 12.3. The summed E-state index contributed by atoms with van der Waals surface area (Å²) in [6.45, 7) is 4.50. The lowest BCUT2D eigenvalue weighted by Crippen LogP contribution is -2.13. The van der Waals surface area contributed by atoms with Crippen LogP contribution in [-0.2, 0) is 0 Å². The number of benzene rings is 2. The van der Waals surface area contributed by atoms with E-state index < -0.39 is 0 Å². The quantitative estimate of drug-likeness (QED) is 0.824. The number of aldehydes is 1. The van der Waals surface area contributed by atoms with E-state index in [9.17, 15) is 9.59 Å². The maximum Gasteiger partial charge on any atom is 0.255 e. The maximum atomic E-state index is 12.3. The van der Waals surface area contributed by atoms with Crippen molar-refractivity contribution < 1.29 is 14.3 Å². The third-order valence-corrected chi connectivity index (χ3v) is 3.34. The molecule has 0 spiro atoms. The standard InChI is InChI=1S/C18H19NO3/c1-3-11-22-16-9-7-14(8-10-16)18(21)19-17-6-4-5-15(12-20)13(17)2/h4-10,12H,3,11H2,1-2H3,(H,19,21). The molecule has 2 aromatic rings. The van der Waals surface area contributed by atoms with Crippen molar-refractivity contribution in [3.05, 3.63) is 59.2 Å². The van der Waals surface area contributed by atoms with E-state index in [4.69, 9.17) is 4.74 Å². The monoisotopic (exact) mass is 297 g/mol. The average molecular weight is 297 g/mol. The van der Waals surface area contributed by atoms with Gasteiger partial charge < -0.3 is 10.1 Å². The summed E-state index contributed by atoms with van der Waals surface area (Å²) in [7, 11) is 0. The van der Waals surface area contributed by atoms with Crippen molar-refractivity contribution in [1.29, 1.82) is 0 Å². The van der Waals surface area contributed by atoms with Gasteiger partial charge in [0.25, 0.3) is 5.91 Å². The molecule has 4 nitrogen and oxygen atoms in total. The smallest absolute Gasteiger partial charge is 0.255 e. The fraction of sp³-hybridized carbons (Fsp3) is 0.222. The molecule has 1 N–H and O–H groups in total. The Labute approximate surface area is 130 Å². The molecule has 2 rings (SSSR count). The normalized spacial score (nSPS) is 10.1. The molecule has 4 heteroatoms. The van der Waals surface area contributed by atoms with Crippen LogP contribution in [0.5, 0.6) is 5.75 Å². The van der Waals surface area contributed by atoms with Gasteiger partial charge in [0.05, 0.1) is 6.61 Å². The molecule has 0 atom stereocenters. The predicted octanol–water partition coefficient (Wildman–Crippen LogP) is 3.85. The Bertz CT molecular complexity index is 663. The first-order valence-corrected chi connectivity index (χ1v) is 7.24. The van der Waals surface area contributed by atoms with E-state index in [1.807, 2.05) is 6.92 Å². The fourth-order valence-corrected chi connectivity index (χ4v) is 2.03. The summed E-state index contributed by atoms with van der Waals surface area (Å²) in [5.74, 6) is 0.533. The Morgan fingerprint density at radius 1 is 1.18 bits per heavy atom. The van der Waals surface area contributed by atoms with Crippen molar-refractivity contribution in [2.24, 2.45) is 0 Å². The highest BCUT2D eigenvalue weighted by Gasteiger charge is 2.09. The van der Waals surface area contributed by atoms with Gasteiger partial charge in [0.2, 0.25) is 0 Å². The zero-order valence-electron chi connectivity index (χ0n) is 12.8. The molecular weight excluding hydrogens is 278 g/mol. The molecular formula is C18H19NO3. The Balaban J connectivity index is 2.10. The van der Waals surface area contributed by atoms with Crippen LogP contribution in [0.3, 0.4) is 0 Å². The van der Waals surface area contributed by atoms with Gasteiger partial charge in [-0.3, -0.25) is 9.59 Å². The summed E-state index contributed by atoms with van der Waals surface area (Å²) >= 11 is 0. The van der Waals surface area contributed by atoms with Gasteiger partial charge in [-0.25, -0.2) is 0 Å². The van der Waals surface area contributed by atoms with Gasteiger partial charge in [-0.1, -0.05) is 19.1 Å². The summed E-state index contributed by atoms with van der Waals surface area (Å²) in [6.07, 6.45) is 1.72. The molecule has 0 aromatic heterocycles. The summed E-state index contributed by atoms with van der Waals surface area (Å²) in [4.78, 5) is 23.2. The second-order valence-electron chi connectivity index (χ2n) is 4.96. The number of hydrogen-bond donors (Lipinski definition) is 1. The zero-order valence-corrected chi connectivity index (χ0v) is 12.8. The lowest BCUT2D eigenvalue weighted by molar-refractivity contribution is 0.102. The molecule has 1 amide bonds. The molecule has 0 aliphatic rings. The highest BCUT2D eigenvalue weighted by molar-refractivity contribution is 6.05. The molecule has 0 fully saturated rings. The zero-order chi connectivity index (χ0) is 15.9. The van der Waals surface area contributed by atoms with Crippen LogP contribution in [0.2, 0.25) is 0 Å².